The smallest absolute Gasteiger partial charge is 0.155 e. The van der Waals surface area contributed by atoms with Crippen molar-refractivity contribution in [2.24, 2.45) is 0 Å². The summed E-state index contributed by atoms with van der Waals surface area (Å²) in [7, 11) is 4.01. The second-order valence-electron chi connectivity index (χ2n) is 5.47. The predicted molar refractivity (Wildman–Crippen MR) is 84.6 cm³/mol. The van der Waals surface area contributed by atoms with Gasteiger partial charge in [0.15, 0.2) is 5.82 Å². The summed E-state index contributed by atoms with van der Waals surface area (Å²) in [5.74, 6) is 0.450. The Bertz CT molecular complexity index is 766. The summed E-state index contributed by atoms with van der Waals surface area (Å²) in [6.45, 7) is 0.767. The van der Waals surface area contributed by atoms with E-state index in [1.54, 1.807) is 12.1 Å². The monoisotopic (exact) mass is 296 g/mol. The number of hydrogen-bond donors (Lipinski definition) is 1. The van der Waals surface area contributed by atoms with Gasteiger partial charge >= 0.3 is 0 Å². The summed E-state index contributed by atoms with van der Waals surface area (Å²) in [4.78, 5) is 6.26. The number of H-pyrrole nitrogens is 1. The zero-order valence-corrected chi connectivity index (χ0v) is 12.5. The summed E-state index contributed by atoms with van der Waals surface area (Å²) in [6.07, 6.45) is 1.47. The largest absolute Gasteiger partial charge is 0.305 e. The number of rotatable bonds is 4. The van der Waals surface area contributed by atoms with E-state index in [4.69, 9.17) is 0 Å². The minimum atomic E-state index is -0.229. The fourth-order valence-electron chi connectivity index (χ4n) is 2.48. The molecule has 0 saturated carbocycles. The van der Waals surface area contributed by atoms with Crippen LogP contribution in [0.5, 0.6) is 0 Å². The summed E-state index contributed by atoms with van der Waals surface area (Å²) in [5, 5.41) is 6.75. The topological polar surface area (TPSA) is 44.8 Å². The van der Waals surface area contributed by atoms with Gasteiger partial charge in [-0.25, -0.2) is 9.37 Å². The molecule has 0 bridgehead atoms. The van der Waals surface area contributed by atoms with E-state index in [1.807, 2.05) is 38.4 Å². The van der Waals surface area contributed by atoms with Crippen molar-refractivity contribution in [1.29, 1.82) is 0 Å². The summed E-state index contributed by atoms with van der Waals surface area (Å²) in [5.41, 5.74) is 3.42. The fraction of sp³-hybridized carbons (Fsp3) is 0.176. The lowest BCUT2D eigenvalue weighted by atomic mass is 9.99. The van der Waals surface area contributed by atoms with E-state index in [1.165, 1.54) is 12.4 Å². The molecule has 1 aromatic heterocycles. The lowest BCUT2D eigenvalue weighted by Crippen LogP contribution is -2.10. The number of nitrogens with one attached hydrogen (secondary N) is 1. The first-order valence-corrected chi connectivity index (χ1v) is 7.03. The van der Waals surface area contributed by atoms with Crippen molar-refractivity contribution < 1.29 is 4.39 Å². The molecule has 4 nitrogen and oxygen atoms in total. The lowest BCUT2D eigenvalue weighted by molar-refractivity contribution is 0.402. The average molecular weight is 296 g/mol. The van der Waals surface area contributed by atoms with Gasteiger partial charge in [0.05, 0.1) is 0 Å². The van der Waals surface area contributed by atoms with Crippen molar-refractivity contribution in [3.05, 3.63) is 60.2 Å². The minimum absolute atomic E-state index is 0.229. The van der Waals surface area contributed by atoms with Crippen LogP contribution in [0, 0.1) is 5.82 Å². The third-order valence-electron chi connectivity index (χ3n) is 3.36. The molecule has 0 aliphatic heterocycles. The molecule has 1 N–H and O–H groups in total. The van der Waals surface area contributed by atoms with Gasteiger partial charge in [-0.1, -0.05) is 18.2 Å². The molecule has 0 amide bonds. The zero-order chi connectivity index (χ0) is 15.5. The Labute approximate surface area is 128 Å². The molecule has 0 spiro atoms. The Hall–Kier alpha value is -2.53. The van der Waals surface area contributed by atoms with Gasteiger partial charge in [-0.05, 0) is 49.5 Å². The van der Waals surface area contributed by atoms with E-state index in [-0.39, 0.29) is 5.82 Å². The number of halogens is 1. The minimum Gasteiger partial charge on any atom is -0.305 e. The molecule has 22 heavy (non-hydrogen) atoms. The Balaban J connectivity index is 2.13. The first kappa shape index (κ1) is 14.4. The molecular formula is C17H17FN4. The van der Waals surface area contributed by atoms with E-state index < -0.39 is 0 Å². The van der Waals surface area contributed by atoms with Crippen molar-refractivity contribution in [3.8, 4) is 22.5 Å². The highest BCUT2D eigenvalue weighted by atomic mass is 19.1. The van der Waals surface area contributed by atoms with E-state index in [9.17, 15) is 4.39 Å². The Kier molecular flexibility index (Phi) is 3.98. The van der Waals surface area contributed by atoms with Crippen LogP contribution in [0.25, 0.3) is 22.5 Å². The van der Waals surface area contributed by atoms with Gasteiger partial charge in [0.1, 0.15) is 12.1 Å². The quantitative estimate of drug-likeness (QED) is 0.803. The molecule has 1 heterocycles. The fourth-order valence-corrected chi connectivity index (χ4v) is 2.48. The Morgan fingerprint density at radius 3 is 2.55 bits per heavy atom. The molecule has 5 heteroatoms. The summed E-state index contributed by atoms with van der Waals surface area (Å²) < 4.78 is 14.1. The number of aromatic amines is 1. The van der Waals surface area contributed by atoms with Crippen LogP contribution in [-0.2, 0) is 6.54 Å². The van der Waals surface area contributed by atoms with Gasteiger partial charge in [-0.2, -0.15) is 5.10 Å². The van der Waals surface area contributed by atoms with Gasteiger partial charge in [-0.3, -0.25) is 5.10 Å². The third kappa shape index (κ3) is 3.04. The standard InChI is InChI=1S/C17H17FN4/c1-22(2)10-12-7-13(15-5-3-4-6-16(15)18)9-14(8-12)17-19-11-20-21-17/h3-9,11H,10H2,1-2H3,(H,19,20,21). The maximum Gasteiger partial charge on any atom is 0.155 e. The highest BCUT2D eigenvalue weighted by molar-refractivity contribution is 5.71. The van der Waals surface area contributed by atoms with Gasteiger partial charge in [-0.15, -0.1) is 0 Å². The number of benzene rings is 2. The van der Waals surface area contributed by atoms with Crippen LogP contribution in [0.4, 0.5) is 4.39 Å². The maximum absolute atomic E-state index is 14.1. The molecule has 0 unspecified atom stereocenters. The van der Waals surface area contributed by atoms with Crippen LogP contribution in [0.3, 0.4) is 0 Å². The van der Waals surface area contributed by atoms with E-state index in [0.717, 1.165) is 23.2 Å². The first-order chi connectivity index (χ1) is 10.6. The molecule has 0 radical (unpaired) electrons. The van der Waals surface area contributed by atoms with Crippen LogP contribution >= 0.6 is 0 Å². The molecule has 0 aliphatic carbocycles. The second-order valence-corrected chi connectivity index (χ2v) is 5.47. The van der Waals surface area contributed by atoms with Crippen LogP contribution in [0.2, 0.25) is 0 Å². The van der Waals surface area contributed by atoms with Crippen LogP contribution in [0.1, 0.15) is 5.56 Å². The Morgan fingerprint density at radius 1 is 1.09 bits per heavy atom. The molecule has 3 rings (SSSR count). The number of aromatic nitrogens is 3. The normalized spacial score (nSPS) is 11.1. The van der Waals surface area contributed by atoms with E-state index >= 15 is 0 Å². The SMILES string of the molecule is CN(C)Cc1cc(-c2ncn[nH]2)cc(-c2ccccc2F)c1. The van der Waals surface area contributed by atoms with Gasteiger partial charge in [0.25, 0.3) is 0 Å². The van der Waals surface area contributed by atoms with Crippen LogP contribution in [-0.4, -0.2) is 34.2 Å². The van der Waals surface area contributed by atoms with E-state index in [2.05, 4.69) is 20.1 Å². The van der Waals surface area contributed by atoms with Gasteiger partial charge in [0.2, 0.25) is 0 Å². The highest BCUT2D eigenvalue weighted by Gasteiger charge is 2.10. The van der Waals surface area contributed by atoms with Crippen molar-refractivity contribution in [2.45, 2.75) is 6.54 Å². The molecule has 0 fully saturated rings. The summed E-state index contributed by atoms with van der Waals surface area (Å²) >= 11 is 0. The summed E-state index contributed by atoms with van der Waals surface area (Å²) in [6, 6.07) is 12.8. The van der Waals surface area contributed by atoms with Crippen LogP contribution < -0.4 is 0 Å². The number of hydrogen-bond acceptors (Lipinski definition) is 3. The van der Waals surface area contributed by atoms with E-state index in [0.29, 0.717) is 11.4 Å². The molecule has 0 saturated heterocycles. The molecule has 112 valence electrons. The second kappa shape index (κ2) is 6.07. The molecule has 0 aliphatic rings. The van der Waals surface area contributed by atoms with Gasteiger partial charge in [0, 0.05) is 17.7 Å². The van der Waals surface area contributed by atoms with Gasteiger partial charge < -0.3 is 4.90 Å². The van der Waals surface area contributed by atoms with Crippen molar-refractivity contribution in [3.63, 3.8) is 0 Å². The molecule has 3 aromatic rings. The van der Waals surface area contributed by atoms with Crippen molar-refractivity contribution >= 4 is 0 Å². The molecular weight excluding hydrogens is 279 g/mol. The predicted octanol–water partition coefficient (Wildman–Crippen LogP) is 3.34. The van der Waals surface area contributed by atoms with Crippen molar-refractivity contribution in [2.75, 3.05) is 14.1 Å². The zero-order valence-electron chi connectivity index (χ0n) is 12.5. The number of nitrogens with zero attached hydrogens (tertiary/aromatic N) is 3. The molecule has 0 atom stereocenters. The maximum atomic E-state index is 14.1. The highest BCUT2D eigenvalue weighted by Crippen LogP contribution is 2.28. The third-order valence-corrected chi connectivity index (χ3v) is 3.36. The molecule has 2 aromatic carbocycles. The lowest BCUT2D eigenvalue weighted by Gasteiger charge is -2.13. The first-order valence-electron chi connectivity index (χ1n) is 7.03. The Morgan fingerprint density at radius 2 is 1.86 bits per heavy atom. The van der Waals surface area contributed by atoms with Crippen LogP contribution in [0.15, 0.2) is 48.8 Å². The average Bonchev–Trinajstić information content (AvgIpc) is 3.01. The van der Waals surface area contributed by atoms with Crippen molar-refractivity contribution in [1.82, 2.24) is 20.1 Å².